The number of aryl methyl sites for hydroxylation is 1. The van der Waals surface area contributed by atoms with Crippen molar-refractivity contribution in [2.75, 3.05) is 11.9 Å². The van der Waals surface area contributed by atoms with Gasteiger partial charge in [-0.15, -0.1) is 0 Å². The minimum absolute atomic E-state index is 0.237. The van der Waals surface area contributed by atoms with Gasteiger partial charge in [0.05, 0.1) is 6.54 Å². The molecule has 0 bridgehead atoms. The molecule has 0 atom stereocenters. The molecule has 0 aliphatic carbocycles. The zero-order chi connectivity index (χ0) is 8.97. The van der Waals surface area contributed by atoms with Crippen molar-refractivity contribution < 1.29 is 8.78 Å². The van der Waals surface area contributed by atoms with Crippen LogP contribution in [0.2, 0.25) is 0 Å². The van der Waals surface area contributed by atoms with Crippen LogP contribution in [0.3, 0.4) is 0 Å². The number of nitrogens with one attached hydrogen (secondary N) is 1. The van der Waals surface area contributed by atoms with Crippen LogP contribution >= 0.6 is 0 Å². The van der Waals surface area contributed by atoms with E-state index in [9.17, 15) is 8.78 Å². The Hall–Kier alpha value is -1.26. The van der Waals surface area contributed by atoms with Crippen LogP contribution in [-0.4, -0.2) is 22.9 Å². The molecule has 0 aliphatic rings. The van der Waals surface area contributed by atoms with Gasteiger partial charge in [-0.25, -0.2) is 18.7 Å². The summed E-state index contributed by atoms with van der Waals surface area (Å²) in [6.07, 6.45) is 0.761. The highest BCUT2D eigenvalue weighted by Crippen LogP contribution is 1.99. The fourth-order valence-corrected chi connectivity index (χ4v) is 0.652. The van der Waals surface area contributed by atoms with Crippen molar-refractivity contribution >= 4 is 5.95 Å². The molecule has 1 N–H and O–H groups in total. The highest BCUT2D eigenvalue weighted by Gasteiger charge is 2.02. The lowest BCUT2D eigenvalue weighted by Crippen LogP contribution is -2.12. The summed E-state index contributed by atoms with van der Waals surface area (Å²) in [5.74, 6) is 0.237. The van der Waals surface area contributed by atoms with Gasteiger partial charge in [0.25, 0.3) is 6.43 Å². The maximum absolute atomic E-state index is 11.7. The number of hydrogen-bond acceptors (Lipinski definition) is 3. The average molecular weight is 173 g/mol. The zero-order valence-electron chi connectivity index (χ0n) is 6.59. The van der Waals surface area contributed by atoms with Crippen molar-refractivity contribution in [3.05, 3.63) is 18.0 Å². The number of alkyl halides is 2. The molecule has 1 aromatic heterocycles. The first-order valence-electron chi connectivity index (χ1n) is 3.49. The summed E-state index contributed by atoms with van der Waals surface area (Å²) in [6.45, 7) is 1.42. The van der Waals surface area contributed by atoms with Crippen LogP contribution in [0.15, 0.2) is 12.4 Å². The van der Waals surface area contributed by atoms with E-state index < -0.39 is 13.0 Å². The van der Waals surface area contributed by atoms with Gasteiger partial charge in [0.2, 0.25) is 5.95 Å². The van der Waals surface area contributed by atoms with Crippen LogP contribution in [0, 0.1) is 6.92 Å². The predicted molar refractivity (Wildman–Crippen MR) is 41.3 cm³/mol. The molecule has 0 aliphatic heterocycles. The highest BCUT2D eigenvalue weighted by molar-refractivity contribution is 5.23. The van der Waals surface area contributed by atoms with Crippen molar-refractivity contribution in [2.45, 2.75) is 13.3 Å². The Morgan fingerprint density at radius 3 is 2.50 bits per heavy atom. The van der Waals surface area contributed by atoms with E-state index in [1.165, 1.54) is 0 Å². The van der Waals surface area contributed by atoms with Gasteiger partial charge in [-0.1, -0.05) is 0 Å². The number of anilines is 1. The lowest BCUT2D eigenvalue weighted by Gasteiger charge is -2.02. The maximum Gasteiger partial charge on any atom is 0.255 e. The molecule has 1 heterocycles. The first-order valence-corrected chi connectivity index (χ1v) is 3.49. The number of nitrogens with zero attached hydrogens (tertiary/aromatic N) is 2. The van der Waals surface area contributed by atoms with E-state index in [0.29, 0.717) is 0 Å². The van der Waals surface area contributed by atoms with E-state index in [-0.39, 0.29) is 5.95 Å². The SMILES string of the molecule is Cc1cnc(NCC(F)F)nc1. The van der Waals surface area contributed by atoms with E-state index in [0.717, 1.165) is 5.56 Å². The Labute approximate surface area is 68.8 Å². The second-order valence-electron chi connectivity index (χ2n) is 2.36. The number of halogens is 2. The van der Waals surface area contributed by atoms with Gasteiger partial charge in [-0.2, -0.15) is 0 Å². The minimum atomic E-state index is -2.38. The van der Waals surface area contributed by atoms with Crippen molar-refractivity contribution in [1.29, 1.82) is 0 Å². The number of aromatic nitrogens is 2. The first kappa shape index (κ1) is 8.83. The van der Waals surface area contributed by atoms with Crippen molar-refractivity contribution in [3.63, 3.8) is 0 Å². The molecule has 0 aromatic carbocycles. The van der Waals surface area contributed by atoms with E-state index in [2.05, 4.69) is 15.3 Å². The Morgan fingerprint density at radius 1 is 1.42 bits per heavy atom. The minimum Gasteiger partial charge on any atom is -0.348 e. The third-order valence-corrected chi connectivity index (χ3v) is 1.20. The molecule has 0 fully saturated rings. The smallest absolute Gasteiger partial charge is 0.255 e. The van der Waals surface area contributed by atoms with Crippen molar-refractivity contribution in [3.8, 4) is 0 Å². The largest absolute Gasteiger partial charge is 0.348 e. The maximum atomic E-state index is 11.7. The third kappa shape index (κ3) is 2.77. The molecule has 5 heteroatoms. The van der Waals surface area contributed by atoms with Gasteiger partial charge < -0.3 is 5.32 Å². The molecule has 0 radical (unpaired) electrons. The molecule has 0 unspecified atom stereocenters. The summed E-state index contributed by atoms with van der Waals surface area (Å²) in [4.78, 5) is 7.59. The summed E-state index contributed by atoms with van der Waals surface area (Å²) in [7, 11) is 0. The van der Waals surface area contributed by atoms with Gasteiger partial charge in [0, 0.05) is 12.4 Å². The highest BCUT2D eigenvalue weighted by atomic mass is 19.3. The van der Waals surface area contributed by atoms with Crippen LogP contribution in [0.4, 0.5) is 14.7 Å². The van der Waals surface area contributed by atoms with Gasteiger partial charge in [0.15, 0.2) is 0 Å². The molecule has 0 saturated carbocycles. The fraction of sp³-hybridized carbons (Fsp3) is 0.429. The molecule has 0 amide bonds. The van der Waals surface area contributed by atoms with Crippen molar-refractivity contribution in [1.82, 2.24) is 9.97 Å². The summed E-state index contributed by atoms with van der Waals surface area (Å²) in [5.41, 5.74) is 0.901. The second-order valence-corrected chi connectivity index (χ2v) is 2.36. The summed E-state index contributed by atoms with van der Waals surface area (Å²) < 4.78 is 23.4. The normalized spacial score (nSPS) is 10.3. The molecule has 1 aromatic rings. The van der Waals surface area contributed by atoms with Crippen LogP contribution in [0.1, 0.15) is 5.56 Å². The fourth-order valence-electron chi connectivity index (χ4n) is 0.652. The first-order chi connectivity index (χ1) is 5.68. The predicted octanol–water partition coefficient (Wildman–Crippen LogP) is 1.46. The molecular formula is C7H9F2N3. The summed E-state index contributed by atoms with van der Waals surface area (Å²) in [5, 5.41) is 2.40. The van der Waals surface area contributed by atoms with E-state index in [4.69, 9.17) is 0 Å². The van der Waals surface area contributed by atoms with Crippen LogP contribution in [0.5, 0.6) is 0 Å². The van der Waals surface area contributed by atoms with Gasteiger partial charge in [-0.05, 0) is 12.5 Å². The molecule has 1 rings (SSSR count). The Morgan fingerprint density at radius 2 is 2.00 bits per heavy atom. The number of rotatable bonds is 3. The molecule has 0 saturated heterocycles. The summed E-state index contributed by atoms with van der Waals surface area (Å²) >= 11 is 0. The Bertz CT molecular complexity index is 235. The van der Waals surface area contributed by atoms with Crippen LogP contribution in [0.25, 0.3) is 0 Å². The topological polar surface area (TPSA) is 37.8 Å². The molecule has 66 valence electrons. The molecular weight excluding hydrogens is 164 g/mol. The van der Waals surface area contributed by atoms with Crippen LogP contribution < -0.4 is 5.32 Å². The van der Waals surface area contributed by atoms with Gasteiger partial charge >= 0.3 is 0 Å². The molecule has 12 heavy (non-hydrogen) atoms. The van der Waals surface area contributed by atoms with E-state index in [1.807, 2.05) is 6.92 Å². The quantitative estimate of drug-likeness (QED) is 0.751. The van der Waals surface area contributed by atoms with Crippen molar-refractivity contribution in [2.24, 2.45) is 0 Å². The second kappa shape index (κ2) is 3.94. The van der Waals surface area contributed by atoms with Gasteiger partial charge in [-0.3, -0.25) is 0 Å². The van der Waals surface area contributed by atoms with Crippen LogP contribution in [-0.2, 0) is 0 Å². The standard InChI is InChI=1S/C7H9F2N3/c1-5-2-10-7(11-3-5)12-4-6(8)9/h2-3,6H,4H2,1H3,(H,10,11,12). The number of hydrogen-bond donors (Lipinski definition) is 1. The molecule has 0 spiro atoms. The monoisotopic (exact) mass is 173 g/mol. The molecule has 3 nitrogen and oxygen atoms in total. The Balaban J connectivity index is 2.48. The Kier molecular flexibility index (Phi) is 2.90. The zero-order valence-corrected chi connectivity index (χ0v) is 6.59. The lowest BCUT2D eigenvalue weighted by atomic mass is 10.4. The average Bonchev–Trinajstić information content (AvgIpc) is 2.03. The van der Waals surface area contributed by atoms with Gasteiger partial charge in [0.1, 0.15) is 0 Å². The lowest BCUT2D eigenvalue weighted by molar-refractivity contribution is 0.163. The van der Waals surface area contributed by atoms with E-state index in [1.54, 1.807) is 12.4 Å². The third-order valence-electron chi connectivity index (χ3n) is 1.20. The van der Waals surface area contributed by atoms with E-state index >= 15 is 0 Å². The summed E-state index contributed by atoms with van der Waals surface area (Å²) in [6, 6.07) is 0.